The lowest BCUT2D eigenvalue weighted by molar-refractivity contribution is 0.342. The lowest BCUT2D eigenvalue weighted by atomic mass is 10.2. The number of halogens is 2. The van der Waals surface area contributed by atoms with Crippen LogP contribution in [0.1, 0.15) is 6.92 Å². The molecule has 0 atom stereocenters. The van der Waals surface area contributed by atoms with Crippen LogP contribution in [-0.4, -0.2) is 6.61 Å². The molecule has 0 aromatic heterocycles. The Balaban J connectivity index is 2.30. The van der Waals surface area contributed by atoms with Crippen LogP contribution in [0.2, 0.25) is 0 Å². The van der Waals surface area contributed by atoms with Gasteiger partial charge in [0, 0.05) is 4.47 Å². The van der Waals surface area contributed by atoms with E-state index in [1.807, 2.05) is 25.1 Å². The Labute approximate surface area is 119 Å². The van der Waals surface area contributed by atoms with Crippen molar-refractivity contribution < 1.29 is 9.13 Å². The minimum atomic E-state index is -0.298. The number of benzene rings is 2. The topological polar surface area (TPSA) is 47.3 Å². The Morgan fingerprint density at radius 3 is 2.74 bits per heavy atom. The lowest BCUT2D eigenvalue weighted by Gasteiger charge is -2.14. The van der Waals surface area contributed by atoms with Gasteiger partial charge in [0.1, 0.15) is 11.6 Å². The summed E-state index contributed by atoms with van der Waals surface area (Å²) < 4.78 is 19.1. The van der Waals surface area contributed by atoms with Gasteiger partial charge in [-0.3, -0.25) is 0 Å². The number of hydrogen-bond acceptors (Lipinski definition) is 3. The summed E-state index contributed by atoms with van der Waals surface area (Å²) in [7, 11) is 0. The van der Waals surface area contributed by atoms with Crippen molar-refractivity contribution in [3.05, 3.63) is 46.7 Å². The lowest BCUT2D eigenvalue weighted by Crippen LogP contribution is -2.01. The highest BCUT2D eigenvalue weighted by molar-refractivity contribution is 9.10. The molecule has 0 bridgehead atoms. The van der Waals surface area contributed by atoms with E-state index in [9.17, 15) is 4.39 Å². The molecule has 0 aliphatic carbocycles. The van der Waals surface area contributed by atoms with Crippen molar-refractivity contribution in [2.45, 2.75) is 6.92 Å². The predicted octanol–water partition coefficient (Wildman–Crippen LogP) is 4.31. The quantitative estimate of drug-likeness (QED) is 0.824. The molecule has 0 amide bonds. The second kappa shape index (κ2) is 5.93. The van der Waals surface area contributed by atoms with E-state index in [2.05, 4.69) is 21.2 Å². The molecule has 2 rings (SSSR count). The maximum atomic E-state index is 13.0. The fraction of sp³-hybridized carbons (Fsp3) is 0.143. The van der Waals surface area contributed by atoms with Gasteiger partial charge >= 0.3 is 0 Å². The zero-order chi connectivity index (χ0) is 13.8. The number of rotatable bonds is 4. The zero-order valence-corrected chi connectivity index (χ0v) is 12.0. The van der Waals surface area contributed by atoms with Gasteiger partial charge in [-0.1, -0.05) is 6.07 Å². The summed E-state index contributed by atoms with van der Waals surface area (Å²) in [6, 6.07) is 9.92. The van der Waals surface area contributed by atoms with Crippen LogP contribution in [0.5, 0.6) is 5.75 Å². The van der Waals surface area contributed by atoms with Gasteiger partial charge in [-0.2, -0.15) is 0 Å². The Bertz CT molecular complexity index is 590. The molecule has 0 heterocycles. The summed E-state index contributed by atoms with van der Waals surface area (Å²) >= 11 is 3.30. The molecule has 0 spiro atoms. The second-order valence-corrected chi connectivity index (χ2v) is 4.75. The first-order valence-corrected chi connectivity index (χ1v) is 6.64. The van der Waals surface area contributed by atoms with Crippen LogP contribution >= 0.6 is 15.9 Å². The number of para-hydroxylation sites is 1. The maximum Gasteiger partial charge on any atom is 0.144 e. The van der Waals surface area contributed by atoms with E-state index >= 15 is 0 Å². The highest BCUT2D eigenvalue weighted by Crippen LogP contribution is 2.34. The minimum absolute atomic E-state index is 0.298. The molecule has 2 aromatic rings. The van der Waals surface area contributed by atoms with Crippen LogP contribution in [0.3, 0.4) is 0 Å². The van der Waals surface area contributed by atoms with Crippen molar-refractivity contribution in [2.24, 2.45) is 0 Å². The molecule has 0 aliphatic rings. The van der Waals surface area contributed by atoms with Crippen molar-refractivity contribution in [3.8, 4) is 5.75 Å². The van der Waals surface area contributed by atoms with Crippen molar-refractivity contribution in [3.63, 3.8) is 0 Å². The second-order valence-electron chi connectivity index (χ2n) is 3.90. The van der Waals surface area contributed by atoms with Crippen LogP contribution in [0.25, 0.3) is 0 Å². The van der Waals surface area contributed by atoms with Gasteiger partial charge in [-0.15, -0.1) is 0 Å². The smallest absolute Gasteiger partial charge is 0.144 e. The van der Waals surface area contributed by atoms with Gasteiger partial charge in [-0.25, -0.2) is 4.39 Å². The number of anilines is 3. The van der Waals surface area contributed by atoms with Gasteiger partial charge in [0.15, 0.2) is 0 Å². The van der Waals surface area contributed by atoms with E-state index in [1.165, 1.54) is 12.1 Å². The van der Waals surface area contributed by atoms with Gasteiger partial charge in [0.25, 0.3) is 0 Å². The average Bonchev–Trinajstić information content (AvgIpc) is 2.37. The Hall–Kier alpha value is -1.75. The molecule has 2 aromatic carbocycles. The first kappa shape index (κ1) is 13.7. The monoisotopic (exact) mass is 324 g/mol. The Kier molecular flexibility index (Phi) is 4.27. The number of nitrogen functional groups attached to an aromatic ring is 1. The molecule has 0 unspecified atom stereocenters. The van der Waals surface area contributed by atoms with Crippen molar-refractivity contribution in [1.29, 1.82) is 0 Å². The van der Waals surface area contributed by atoms with Crippen LogP contribution in [0.4, 0.5) is 21.5 Å². The molecule has 0 saturated carbocycles. The first-order valence-electron chi connectivity index (χ1n) is 5.85. The summed E-state index contributed by atoms with van der Waals surface area (Å²) in [6.07, 6.45) is 0. The predicted molar refractivity (Wildman–Crippen MR) is 79.4 cm³/mol. The van der Waals surface area contributed by atoms with Gasteiger partial charge < -0.3 is 15.8 Å². The van der Waals surface area contributed by atoms with Crippen LogP contribution in [-0.2, 0) is 0 Å². The van der Waals surface area contributed by atoms with Crippen molar-refractivity contribution in [2.75, 3.05) is 17.7 Å². The first-order chi connectivity index (χ1) is 9.11. The van der Waals surface area contributed by atoms with Crippen LogP contribution in [0.15, 0.2) is 40.9 Å². The molecule has 0 fully saturated rings. The SMILES string of the molecule is CCOc1cccc(Nc2ccc(F)cc2Br)c1N. The van der Waals surface area contributed by atoms with E-state index in [-0.39, 0.29) is 5.82 Å². The highest BCUT2D eigenvalue weighted by Gasteiger charge is 2.08. The minimum Gasteiger partial charge on any atom is -0.492 e. The molecule has 0 radical (unpaired) electrons. The fourth-order valence-corrected chi connectivity index (χ4v) is 2.12. The van der Waals surface area contributed by atoms with Crippen LogP contribution in [0, 0.1) is 5.82 Å². The Morgan fingerprint density at radius 1 is 1.26 bits per heavy atom. The summed E-state index contributed by atoms with van der Waals surface area (Å²) in [5, 5.41) is 3.15. The number of hydrogen-bond donors (Lipinski definition) is 2. The summed E-state index contributed by atoms with van der Waals surface area (Å²) in [5.74, 6) is 0.333. The van der Waals surface area contributed by atoms with Crippen molar-refractivity contribution in [1.82, 2.24) is 0 Å². The molecule has 100 valence electrons. The summed E-state index contributed by atoms with van der Waals surface area (Å²) in [5.41, 5.74) is 8.01. The third-order valence-electron chi connectivity index (χ3n) is 2.57. The standard InChI is InChI=1S/C14H14BrFN2O/c1-2-19-13-5-3-4-12(14(13)17)18-11-7-6-9(16)8-10(11)15/h3-8,18H,2,17H2,1H3. The normalized spacial score (nSPS) is 10.3. The number of nitrogens with two attached hydrogens (primary N) is 1. The molecular weight excluding hydrogens is 311 g/mol. The highest BCUT2D eigenvalue weighted by atomic mass is 79.9. The van der Waals surface area contributed by atoms with Crippen LogP contribution < -0.4 is 15.8 Å². The zero-order valence-electron chi connectivity index (χ0n) is 10.4. The average molecular weight is 325 g/mol. The third kappa shape index (κ3) is 3.17. The number of nitrogens with one attached hydrogen (secondary N) is 1. The molecular formula is C14H14BrFN2O. The Morgan fingerprint density at radius 2 is 2.05 bits per heavy atom. The summed E-state index contributed by atoms with van der Waals surface area (Å²) in [6.45, 7) is 2.45. The van der Waals surface area contributed by atoms with Gasteiger partial charge in [-0.05, 0) is 53.2 Å². The van der Waals surface area contributed by atoms with Crippen molar-refractivity contribution >= 4 is 33.0 Å². The molecule has 0 aliphatic heterocycles. The molecule has 19 heavy (non-hydrogen) atoms. The van der Waals surface area contributed by atoms with E-state index in [0.29, 0.717) is 22.5 Å². The molecule has 5 heteroatoms. The summed E-state index contributed by atoms with van der Waals surface area (Å²) in [4.78, 5) is 0. The van der Waals surface area contributed by atoms with E-state index in [1.54, 1.807) is 6.07 Å². The largest absolute Gasteiger partial charge is 0.492 e. The molecule has 3 nitrogen and oxygen atoms in total. The van der Waals surface area contributed by atoms with Gasteiger partial charge in [0.05, 0.1) is 23.7 Å². The molecule has 0 saturated heterocycles. The van der Waals surface area contributed by atoms with E-state index < -0.39 is 0 Å². The maximum absolute atomic E-state index is 13.0. The number of ether oxygens (including phenoxy) is 1. The molecule has 3 N–H and O–H groups in total. The third-order valence-corrected chi connectivity index (χ3v) is 3.22. The fourth-order valence-electron chi connectivity index (χ4n) is 1.67. The van der Waals surface area contributed by atoms with E-state index in [0.717, 1.165) is 11.4 Å². The van der Waals surface area contributed by atoms with E-state index in [4.69, 9.17) is 10.5 Å². The van der Waals surface area contributed by atoms with Gasteiger partial charge in [0.2, 0.25) is 0 Å².